The Bertz CT molecular complexity index is 5430. The molecule has 0 saturated carbocycles. The normalized spacial score (nSPS) is 13.4. The minimum absolute atomic E-state index is 0.0931. The van der Waals surface area contributed by atoms with E-state index in [9.17, 15) is 0 Å². The number of fused-ring (bicyclic) bond motifs is 9. The van der Waals surface area contributed by atoms with Crippen LogP contribution in [0.25, 0.3) is 177 Å². The molecule has 88 heavy (non-hydrogen) atoms. The minimum Gasteiger partial charge on any atom is -0.0836 e. The second kappa shape index (κ2) is 20.2. The van der Waals surface area contributed by atoms with Crippen molar-refractivity contribution in [1.82, 2.24) is 0 Å². The quantitative estimate of drug-likeness (QED) is 0.126. The van der Waals surface area contributed by atoms with Gasteiger partial charge in [0.2, 0.25) is 0 Å². The molecule has 0 saturated heterocycles. The molecule has 3 aliphatic carbocycles. The highest BCUT2D eigenvalue weighted by Gasteiger charge is 2.40. The van der Waals surface area contributed by atoms with E-state index in [2.05, 4.69) is 322 Å². The van der Waals surface area contributed by atoms with Crippen molar-refractivity contribution in [3.8, 4) is 134 Å². The number of hydrogen-bond donors (Lipinski definition) is 0. The Morgan fingerprint density at radius 3 is 0.977 bits per heavy atom. The molecular weight excluding hydrogens is 1060 g/mol. The average molecular weight is 1110 g/mol. The molecule has 0 aliphatic heterocycles. The van der Waals surface area contributed by atoms with E-state index in [1.54, 1.807) is 0 Å². The highest BCUT2D eigenvalue weighted by atomic mass is 14.4. The van der Waals surface area contributed by atoms with Crippen molar-refractivity contribution in [2.45, 2.75) is 12.3 Å². The van der Waals surface area contributed by atoms with E-state index in [1.807, 2.05) is 0 Å². The summed E-state index contributed by atoms with van der Waals surface area (Å²) in [5.41, 5.74) is 31.4. The van der Waals surface area contributed by atoms with E-state index >= 15 is 0 Å². The molecule has 1 atom stereocenters. The van der Waals surface area contributed by atoms with Gasteiger partial charge in [-0.05, 0) is 207 Å². The van der Waals surface area contributed by atoms with Crippen LogP contribution < -0.4 is 0 Å². The highest BCUT2D eigenvalue weighted by molar-refractivity contribution is 6.37. The van der Waals surface area contributed by atoms with E-state index in [1.165, 1.54) is 182 Å². The molecule has 15 aromatic rings. The maximum absolute atomic E-state index is 2.69. The summed E-state index contributed by atoms with van der Waals surface area (Å²) >= 11 is 0. The Morgan fingerprint density at radius 1 is 0.216 bits per heavy atom. The first-order valence-electron chi connectivity index (χ1n) is 30.9. The molecule has 0 bridgehead atoms. The van der Waals surface area contributed by atoms with Gasteiger partial charge in [0.15, 0.2) is 0 Å². The van der Waals surface area contributed by atoms with E-state index in [4.69, 9.17) is 0 Å². The van der Waals surface area contributed by atoms with Crippen LogP contribution in [0.3, 0.4) is 0 Å². The third-order valence-corrected chi connectivity index (χ3v) is 19.3. The minimum atomic E-state index is 0.0931. The molecule has 1 unspecified atom stereocenters. The van der Waals surface area contributed by atoms with Crippen LogP contribution in [-0.2, 0) is 0 Å². The summed E-state index contributed by atoms with van der Waals surface area (Å²) in [6.45, 7) is 0. The van der Waals surface area contributed by atoms with Crippen molar-refractivity contribution in [2.24, 2.45) is 0 Å². The molecule has 15 aromatic carbocycles. The molecular formula is C88H56. The van der Waals surface area contributed by atoms with Gasteiger partial charge in [0.1, 0.15) is 0 Å². The first kappa shape index (κ1) is 50.2. The summed E-state index contributed by atoms with van der Waals surface area (Å²) in [6, 6.07) is 112. The zero-order valence-electron chi connectivity index (χ0n) is 48.4. The van der Waals surface area contributed by atoms with Gasteiger partial charge in [-0.1, -0.05) is 303 Å². The van der Waals surface area contributed by atoms with Gasteiger partial charge in [-0.15, -0.1) is 0 Å². The van der Waals surface area contributed by atoms with Crippen molar-refractivity contribution in [3.05, 3.63) is 327 Å². The molecule has 408 valence electrons. The number of benzene rings is 15. The number of rotatable bonds is 9. The van der Waals surface area contributed by atoms with Gasteiger partial charge in [-0.25, -0.2) is 0 Å². The lowest BCUT2D eigenvalue weighted by atomic mass is 9.77. The summed E-state index contributed by atoms with van der Waals surface area (Å²) < 4.78 is 0. The predicted octanol–water partition coefficient (Wildman–Crippen LogP) is 24.5. The van der Waals surface area contributed by atoms with Crippen LogP contribution in [0.2, 0.25) is 0 Å². The Hall–Kier alpha value is -11.2. The molecule has 0 heterocycles. The Morgan fingerprint density at radius 2 is 0.557 bits per heavy atom. The monoisotopic (exact) mass is 1110 g/mol. The summed E-state index contributed by atoms with van der Waals surface area (Å²) in [7, 11) is 0. The zero-order valence-corrected chi connectivity index (χ0v) is 48.4. The van der Waals surface area contributed by atoms with Crippen molar-refractivity contribution >= 4 is 43.1 Å². The average Bonchev–Trinajstić information content (AvgIpc) is 1.60. The van der Waals surface area contributed by atoms with Crippen molar-refractivity contribution < 1.29 is 0 Å². The van der Waals surface area contributed by atoms with Crippen molar-refractivity contribution in [1.29, 1.82) is 0 Å². The molecule has 0 heteroatoms. The van der Waals surface area contributed by atoms with Crippen LogP contribution in [0.4, 0.5) is 0 Å². The lowest BCUT2D eigenvalue weighted by Crippen LogP contribution is -2.02. The van der Waals surface area contributed by atoms with Crippen LogP contribution in [-0.4, -0.2) is 0 Å². The van der Waals surface area contributed by atoms with Gasteiger partial charge in [0.25, 0.3) is 0 Å². The Balaban J connectivity index is 1.07. The summed E-state index contributed by atoms with van der Waals surface area (Å²) in [6.07, 6.45) is 10.3. The van der Waals surface area contributed by atoms with Gasteiger partial charge in [-0.2, -0.15) is 0 Å². The lowest BCUT2D eigenvalue weighted by Gasteiger charge is -2.26. The second-order valence-corrected chi connectivity index (χ2v) is 23.9. The molecule has 0 N–H and O–H groups in total. The largest absolute Gasteiger partial charge is 0.0836 e. The SMILES string of the molecule is C1=CCC(c2cc3c4c(ccc5c4c2-c2c-5c(-c4ccccc4-c4ccccc4)c4cc5ccccc5cc4c2-c2ccccc2-c2ccccc2)-c2c-3c(-c3ccccc3-c3ccccc3)c3ccccc3c2-c2ccccc2-c2ccccc2)C=C1. The third-order valence-electron chi connectivity index (χ3n) is 19.3. The molecule has 3 aliphatic rings. The van der Waals surface area contributed by atoms with Gasteiger partial charge in [0, 0.05) is 5.92 Å². The summed E-state index contributed by atoms with van der Waals surface area (Å²) in [5.74, 6) is 0.0931. The van der Waals surface area contributed by atoms with Gasteiger partial charge in [0.05, 0.1) is 0 Å². The van der Waals surface area contributed by atoms with Crippen molar-refractivity contribution in [2.75, 3.05) is 0 Å². The zero-order chi connectivity index (χ0) is 57.8. The Kier molecular flexibility index (Phi) is 11.5. The van der Waals surface area contributed by atoms with Gasteiger partial charge in [-0.3, -0.25) is 0 Å². The second-order valence-electron chi connectivity index (χ2n) is 23.9. The van der Waals surface area contributed by atoms with Crippen LogP contribution in [0.15, 0.2) is 322 Å². The highest BCUT2D eigenvalue weighted by Crippen LogP contribution is 2.67. The maximum atomic E-state index is 2.69. The fourth-order valence-corrected chi connectivity index (χ4v) is 15.6. The first-order chi connectivity index (χ1) is 43.7. The van der Waals surface area contributed by atoms with Gasteiger partial charge < -0.3 is 0 Å². The maximum Gasteiger partial charge on any atom is 0.00623 e. The van der Waals surface area contributed by atoms with Crippen LogP contribution in [0.5, 0.6) is 0 Å². The number of allylic oxidation sites excluding steroid dienone is 4. The smallest absolute Gasteiger partial charge is 0.00623 e. The molecule has 0 radical (unpaired) electrons. The van der Waals surface area contributed by atoms with Crippen molar-refractivity contribution in [3.63, 3.8) is 0 Å². The summed E-state index contributed by atoms with van der Waals surface area (Å²) in [5, 5.41) is 10.1. The fourth-order valence-electron chi connectivity index (χ4n) is 15.6. The molecule has 0 aromatic heterocycles. The van der Waals surface area contributed by atoms with Crippen LogP contribution in [0, 0.1) is 0 Å². The number of hydrogen-bond acceptors (Lipinski definition) is 0. The third kappa shape index (κ3) is 7.59. The fraction of sp³-hybridized carbons (Fsp3) is 0.0227. The lowest BCUT2D eigenvalue weighted by molar-refractivity contribution is 0.858. The molecule has 0 spiro atoms. The Labute approximate surface area is 513 Å². The van der Waals surface area contributed by atoms with Crippen LogP contribution >= 0.6 is 0 Å². The molecule has 0 fully saturated rings. The standard InChI is InChI=1S/C88H56/c1-6-28-55(29-7-1)62-40-18-22-44-66(62)78-70-48-26-27-49-71(70)79(67-45-23-19-41-63(67)56-30-8-2-9-31-56)87-77-54-74(59-36-14-5-15-37-59)86-84-73(51-50-72(82(77)84)83(78)87)85-80(68-46-24-20-42-64(68)57-32-10-3-11-33-57)75-52-60-38-16-17-39-61(60)53-76(75)81(88(85)86)69-47-25-21-43-65(69)58-34-12-4-13-35-58/h1-36,38-54,59H,37H2. The van der Waals surface area contributed by atoms with E-state index in [0.29, 0.717) is 0 Å². The first-order valence-corrected chi connectivity index (χ1v) is 30.9. The predicted molar refractivity (Wildman–Crippen MR) is 374 cm³/mol. The molecule has 0 amide bonds. The van der Waals surface area contributed by atoms with E-state index in [-0.39, 0.29) is 5.92 Å². The van der Waals surface area contributed by atoms with Crippen LogP contribution in [0.1, 0.15) is 17.9 Å². The molecule has 0 nitrogen and oxygen atoms in total. The summed E-state index contributed by atoms with van der Waals surface area (Å²) in [4.78, 5) is 0. The topological polar surface area (TPSA) is 0 Å². The van der Waals surface area contributed by atoms with E-state index in [0.717, 1.165) is 6.42 Å². The molecule has 18 rings (SSSR count). The van der Waals surface area contributed by atoms with E-state index < -0.39 is 0 Å². The van der Waals surface area contributed by atoms with Gasteiger partial charge >= 0.3 is 0 Å².